The number of pyridine rings is 1. The zero-order chi connectivity index (χ0) is 22.2. The fourth-order valence-corrected chi connectivity index (χ4v) is 3.11. The molecule has 0 aromatic carbocycles. The van der Waals surface area contributed by atoms with Gasteiger partial charge in [-0.05, 0) is 37.8 Å². The van der Waals surface area contributed by atoms with Crippen LogP contribution in [-0.2, 0) is 16.6 Å². The smallest absolute Gasteiger partial charge is 0.406 e. The molecule has 1 saturated carbocycles. The van der Waals surface area contributed by atoms with Crippen molar-refractivity contribution < 1.29 is 27.5 Å². The summed E-state index contributed by atoms with van der Waals surface area (Å²) in [6, 6.07) is 1.79. The maximum atomic E-state index is 12.9. The van der Waals surface area contributed by atoms with Gasteiger partial charge in [-0.15, -0.1) is 0 Å². The monoisotopic (exact) mass is 428 g/mol. The lowest BCUT2D eigenvalue weighted by Crippen LogP contribution is -2.47. The second-order valence-corrected chi connectivity index (χ2v) is 7.18. The first-order chi connectivity index (χ1) is 14.0. The number of H-pyrrole nitrogens is 1. The summed E-state index contributed by atoms with van der Waals surface area (Å²) in [5.74, 6) is -2.04. The van der Waals surface area contributed by atoms with Crippen LogP contribution in [0.5, 0.6) is 0 Å². The first kappa shape index (κ1) is 21.5. The summed E-state index contributed by atoms with van der Waals surface area (Å²) in [5, 5.41) is 0.0549. The lowest BCUT2D eigenvalue weighted by Gasteiger charge is -2.30. The van der Waals surface area contributed by atoms with Gasteiger partial charge in [-0.3, -0.25) is 19.1 Å². The predicted molar refractivity (Wildman–Crippen MR) is 97.8 cm³/mol. The van der Waals surface area contributed by atoms with Crippen molar-refractivity contribution in [1.29, 1.82) is 0 Å². The van der Waals surface area contributed by atoms with Gasteiger partial charge in [0.15, 0.2) is 12.3 Å². The van der Waals surface area contributed by atoms with E-state index in [2.05, 4.69) is 9.97 Å². The summed E-state index contributed by atoms with van der Waals surface area (Å²) in [5.41, 5.74) is -1.80. The van der Waals surface area contributed by atoms with E-state index >= 15 is 0 Å². The summed E-state index contributed by atoms with van der Waals surface area (Å²) in [7, 11) is 1.33. The zero-order valence-corrected chi connectivity index (χ0v) is 16.2. The second-order valence-electron chi connectivity index (χ2n) is 7.18. The van der Waals surface area contributed by atoms with Crippen LogP contribution in [0.1, 0.15) is 30.3 Å². The van der Waals surface area contributed by atoms with Gasteiger partial charge in [-0.1, -0.05) is 0 Å². The molecule has 1 amide bonds. The van der Waals surface area contributed by atoms with Crippen molar-refractivity contribution in [2.75, 3.05) is 13.2 Å². The summed E-state index contributed by atoms with van der Waals surface area (Å²) < 4.78 is 44.4. The first-order valence-electron chi connectivity index (χ1n) is 9.11. The standard InChI is InChI=1S/C18H19F3N4O5/c1-9(10-3-4-10)25(8-18(19,20)21)13(26)7-30-16(28)12-6-5-11-14(22-12)24(2)17(29)23-15(11)27/h5-6,9-10H,3-4,7-8H2,1-2H3,(H,23,27,29). The van der Waals surface area contributed by atoms with E-state index < -0.39 is 48.5 Å². The van der Waals surface area contributed by atoms with Gasteiger partial charge in [0.05, 0.1) is 5.39 Å². The topological polar surface area (TPSA) is 114 Å². The molecule has 2 aromatic rings. The van der Waals surface area contributed by atoms with Gasteiger partial charge < -0.3 is 9.64 Å². The number of aryl methyl sites for hydroxylation is 1. The molecular weight excluding hydrogens is 409 g/mol. The average molecular weight is 428 g/mol. The molecule has 30 heavy (non-hydrogen) atoms. The minimum absolute atomic E-state index is 0.00599. The number of rotatable bonds is 6. The second kappa shape index (κ2) is 7.92. The van der Waals surface area contributed by atoms with Crippen LogP contribution in [0.4, 0.5) is 13.2 Å². The number of esters is 1. The highest BCUT2D eigenvalue weighted by Gasteiger charge is 2.40. The number of carbonyl (C=O) groups excluding carboxylic acids is 2. The summed E-state index contributed by atoms with van der Waals surface area (Å²) >= 11 is 0. The Morgan fingerprint density at radius 2 is 2.00 bits per heavy atom. The molecule has 2 aromatic heterocycles. The van der Waals surface area contributed by atoms with Gasteiger partial charge in [0, 0.05) is 13.1 Å². The van der Waals surface area contributed by atoms with Crippen molar-refractivity contribution >= 4 is 22.9 Å². The van der Waals surface area contributed by atoms with Crippen LogP contribution < -0.4 is 11.2 Å². The fraction of sp³-hybridized carbons (Fsp3) is 0.500. The van der Waals surface area contributed by atoms with Crippen LogP contribution in [0.25, 0.3) is 11.0 Å². The number of aromatic nitrogens is 3. The number of nitrogens with zero attached hydrogens (tertiary/aromatic N) is 3. The minimum Gasteiger partial charge on any atom is -0.451 e. The Bertz CT molecular complexity index is 1100. The summed E-state index contributed by atoms with van der Waals surface area (Å²) in [6.07, 6.45) is -3.11. The quantitative estimate of drug-likeness (QED) is 0.686. The lowest BCUT2D eigenvalue weighted by atomic mass is 10.2. The lowest BCUT2D eigenvalue weighted by molar-refractivity contribution is -0.167. The molecule has 1 fully saturated rings. The van der Waals surface area contributed by atoms with Crippen molar-refractivity contribution in [2.45, 2.75) is 32.0 Å². The molecule has 0 bridgehead atoms. The fourth-order valence-electron chi connectivity index (χ4n) is 3.11. The number of alkyl halides is 3. The Hall–Kier alpha value is -3.18. The van der Waals surface area contributed by atoms with Crippen LogP contribution in [0.2, 0.25) is 0 Å². The SMILES string of the molecule is CC(C1CC1)N(CC(F)(F)F)C(=O)COC(=O)c1ccc2c(=O)[nH]c(=O)n(C)c2n1. The highest BCUT2D eigenvalue weighted by Crippen LogP contribution is 2.36. The molecular formula is C18H19F3N4O5. The Labute approximate surface area is 167 Å². The van der Waals surface area contributed by atoms with Gasteiger partial charge in [-0.25, -0.2) is 14.6 Å². The Morgan fingerprint density at radius 3 is 2.60 bits per heavy atom. The molecule has 0 radical (unpaired) electrons. The maximum absolute atomic E-state index is 12.9. The molecule has 12 heteroatoms. The molecule has 1 aliphatic carbocycles. The highest BCUT2D eigenvalue weighted by atomic mass is 19.4. The number of halogens is 3. The highest BCUT2D eigenvalue weighted by molar-refractivity contribution is 5.91. The Kier molecular flexibility index (Phi) is 5.68. The van der Waals surface area contributed by atoms with E-state index in [1.807, 2.05) is 0 Å². The van der Waals surface area contributed by atoms with Gasteiger partial charge in [0.2, 0.25) is 0 Å². The number of ether oxygens (including phenoxy) is 1. The number of carbonyl (C=O) groups is 2. The number of aromatic amines is 1. The summed E-state index contributed by atoms with van der Waals surface area (Å²) in [6.45, 7) is -0.786. The number of nitrogens with one attached hydrogen (secondary N) is 1. The third-order valence-corrected chi connectivity index (χ3v) is 4.96. The molecule has 0 spiro atoms. The van der Waals surface area contributed by atoms with E-state index in [0.29, 0.717) is 4.90 Å². The number of amides is 1. The van der Waals surface area contributed by atoms with Crippen molar-refractivity contribution in [1.82, 2.24) is 19.4 Å². The van der Waals surface area contributed by atoms with Crippen LogP contribution >= 0.6 is 0 Å². The normalized spacial score (nSPS) is 15.1. The van der Waals surface area contributed by atoms with Crippen LogP contribution in [0.15, 0.2) is 21.7 Å². The molecule has 1 atom stereocenters. The van der Waals surface area contributed by atoms with Gasteiger partial charge in [0.25, 0.3) is 11.5 Å². The van der Waals surface area contributed by atoms with Crippen molar-refractivity contribution in [3.63, 3.8) is 0 Å². The largest absolute Gasteiger partial charge is 0.451 e. The molecule has 0 aliphatic heterocycles. The Balaban J connectivity index is 1.75. The van der Waals surface area contributed by atoms with Gasteiger partial charge in [-0.2, -0.15) is 13.2 Å². The van der Waals surface area contributed by atoms with Gasteiger partial charge in [0.1, 0.15) is 12.2 Å². The van der Waals surface area contributed by atoms with Crippen LogP contribution in [-0.4, -0.2) is 56.7 Å². The maximum Gasteiger partial charge on any atom is 0.406 e. The minimum atomic E-state index is -4.58. The molecule has 162 valence electrons. The van der Waals surface area contributed by atoms with E-state index in [-0.39, 0.29) is 22.6 Å². The molecule has 9 nitrogen and oxygen atoms in total. The van der Waals surface area contributed by atoms with E-state index in [4.69, 9.17) is 4.74 Å². The number of hydrogen-bond acceptors (Lipinski definition) is 6. The molecule has 1 aliphatic rings. The number of hydrogen-bond donors (Lipinski definition) is 1. The molecule has 2 heterocycles. The van der Waals surface area contributed by atoms with Crippen LogP contribution in [0, 0.1) is 5.92 Å². The van der Waals surface area contributed by atoms with Crippen molar-refractivity contribution in [2.24, 2.45) is 13.0 Å². The third-order valence-electron chi connectivity index (χ3n) is 4.96. The van der Waals surface area contributed by atoms with Crippen LogP contribution in [0.3, 0.4) is 0 Å². The molecule has 3 rings (SSSR count). The van der Waals surface area contributed by atoms with Gasteiger partial charge >= 0.3 is 17.8 Å². The summed E-state index contributed by atoms with van der Waals surface area (Å²) in [4.78, 5) is 54.7. The molecule has 1 N–H and O–H groups in total. The number of fused-ring (bicyclic) bond motifs is 1. The molecule has 1 unspecified atom stereocenters. The van der Waals surface area contributed by atoms with Crippen molar-refractivity contribution in [3.8, 4) is 0 Å². The van der Waals surface area contributed by atoms with E-state index in [0.717, 1.165) is 23.5 Å². The zero-order valence-electron chi connectivity index (χ0n) is 16.2. The van der Waals surface area contributed by atoms with E-state index in [1.165, 1.54) is 20.0 Å². The van der Waals surface area contributed by atoms with Crippen molar-refractivity contribution in [3.05, 3.63) is 38.7 Å². The Morgan fingerprint density at radius 1 is 1.33 bits per heavy atom. The molecule has 0 saturated heterocycles. The average Bonchev–Trinajstić information content (AvgIpc) is 3.52. The van der Waals surface area contributed by atoms with E-state index in [1.54, 1.807) is 0 Å². The predicted octanol–water partition coefficient (Wildman–Crippen LogP) is 0.968. The van der Waals surface area contributed by atoms with E-state index in [9.17, 15) is 32.3 Å². The third kappa shape index (κ3) is 4.69. The first-order valence-corrected chi connectivity index (χ1v) is 9.11.